The molecule has 1 aliphatic carbocycles. The average molecular weight is 478 g/mol. The first-order chi connectivity index (χ1) is 17.0. The van der Waals surface area contributed by atoms with Crippen molar-refractivity contribution in [1.82, 2.24) is 24.7 Å². The molecule has 3 aromatic heterocycles. The van der Waals surface area contributed by atoms with Gasteiger partial charge in [-0.1, -0.05) is 0 Å². The number of halogens is 2. The number of nitrogens with zero attached hydrogens (tertiary/aromatic N) is 5. The zero-order valence-electron chi connectivity index (χ0n) is 19.5. The summed E-state index contributed by atoms with van der Waals surface area (Å²) in [6.45, 7) is 2.39. The first-order valence-electron chi connectivity index (χ1n) is 11.8. The van der Waals surface area contributed by atoms with Crippen molar-refractivity contribution in [2.45, 2.75) is 50.7 Å². The minimum Gasteiger partial charge on any atom is -0.495 e. The highest BCUT2D eigenvalue weighted by atomic mass is 19.1. The number of hydrogen-bond donors (Lipinski definition) is 0. The van der Waals surface area contributed by atoms with E-state index in [-0.39, 0.29) is 17.6 Å². The Bertz CT molecular complexity index is 1420. The van der Waals surface area contributed by atoms with Crippen molar-refractivity contribution in [2.24, 2.45) is 0 Å². The number of ether oxygens (including phenoxy) is 2. The quantitative estimate of drug-likeness (QED) is 0.380. The Morgan fingerprint density at radius 1 is 1.09 bits per heavy atom. The third kappa shape index (κ3) is 4.14. The smallest absolute Gasteiger partial charge is 0.163 e. The SMILES string of the molecule is COc1cc2c(-c3ccc(F)cc3F)nc(C3CCOC(c4cnn(C5CC5)c4)C3)nc2nc1C. The molecule has 7 nitrogen and oxygen atoms in total. The Labute approximate surface area is 201 Å². The summed E-state index contributed by atoms with van der Waals surface area (Å²) in [4.78, 5) is 14.2. The Kier molecular flexibility index (Phi) is 5.44. The molecule has 2 unspecified atom stereocenters. The average Bonchev–Trinajstić information content (AvgIpc) is 3.59. The fourth-order valence-corrected chi connectivity index (χ4v) is 4.74. The van der Waals surface area contributed by atoms with Gasteiger partial charge in [0.25, 0.3) is 0 Å². The van der Waals surface area contributed by atoms with Gasteiger partial charge in [0, 0.05) is 41.3 Å². The van der Waals surface area contributed by atoms with Gasteiger partial charge in [-0.3, -0.25) is 4.68 Å². The van der Waals surface area contributed by atoms with Gasteiger partial charge in [-0.05, 0) is 50.8 Å². The lowest BCUT2D eigenvalue weighted by atomic mass is 9.92. The van der Waals surface area contributed by atoms with Gasteiger partial charge in [-0.2, -0.15) is 5.10 Å². The molecule has 2 atom stereocenters. The van der Waals surface area contributed by atoms with Gasteiger partial charge in [0.05, 0.1) is 36.8 Å². The number of methoxy groups -OCH3 is 1. The van der Waals surface area contributed by atoms with Crippen LogP contribution in [0.15, 0.2) is 36.7 Å². The second kappa shape index (κ2) is 8.64. The molecule has 0 spiro atoms. The van der Waals surface area contributed by atoms with E-state index in [0.717, 1.165) is 18.1 Å². The number of fused-ring (bicyclic) bond motifs is 1. The third-order valence-electron chi connectivity index (χ3n) is 6.82. The van der Waals surface area contributed by atoms with Crippen LogP contribution in [-0.2, 0) is 4.74 Å². The molecular formula is C26H25F2N5O2. The predicted octanol–water partition coefficient (Wildman–Crippen LogP) is 5.45. The lowest BCUT2D eigenvalue weighted by Gasteiger charge is -2.28. The molecule has 180 valence electrons. The highest BCUT2D eigenvalue weighted by Gasteiger charge is 2.31. The van der Waals surface area contributed by atoms with Gasteiger partial charge in [0.1, 0.15) is 23.2 Å². The number of rotatable bonds is 5. The van der Waals surface area contributed by atoms with Gasteiger partial charge in [0.2, 0.25) is 0 Å². The van der Waals surface area contributed by atoms with Crippen LogP contribution in [0.1, 0.15) is 60.8 Å². The summed E-state index contributed by atoms with van der Waals surface area (Å²) in [5.74, 6) is -0.204. The molecule has 2 aliphatic rings. The van der Waals surface area contributed by atoms with Crippen LogP contribution in [0.3, 0.4) is 0 Å². The summed E-state index contributed by atoms with van der Waals surface area (Å²) in [6, 6.07) is 5.77. The van der Waals surface area contributed by atoms with Crippen molar-refractivity contribution in [2.75, 3.05) is 13.7 Å². The van der Waals surface area contributed by atoms with Gasteiger partial charge in [-0.25, -0.2) is 23.7 Å². The Balaban J connectivity index is 1.42. The van der Waals surface area contributed by atoms with Crippen LogP contribution in [-0.4, -0.2) is 38.4 Å². The Morgan fingerprint density at radius 3 is 2.71 bits per heavy atom. The van der Waals surface area contributed by atoms with Crippen molar-refractivity contribution in [3.05, 3.63) is 65.4 Å². The normalized spacial score (nSPS) is 20.3. The highest BCUT2D eigenvalue weighted by molar-refractivity contribution is 5.91. The molecule has 1 aliphatic heterocycles. The van der Waals surface area contributed by atoms with Gasteiger partial charge >= 0.3 is 0 Å². The van der Waals surface area contributed by atoms with Crippen LogP contribution >= 0.6 is 0 Å². The largest absolute Gasteiger partial charge is 0.495 e. The van der Waals surface area contributed by atoms with E-state index in [1.807, 2.05) is 17.8 Å². The molecule has 1 saturated carbocycles. The summed E-state index contributed by atoms with van der Waals surface area (Å²) in [5, 5.41) is 5.05. The molecule has 0 amide bonds. The lowest BCUT2D eigenvalue weighted by molar-refractivity contribution is 0.00396. The molecule has 0 N–H and O–H groups in total. The maximum Gasteiger partial charge on any atom is 0.163 e. The van der Waals surface area contributed by atoms with E-state index in [2.05, 4.69) is 16.3 Å². The number of pyridine rings is 1. The molecule has 9 heteroatoms. The van der Waals surface area contributed by atoms with Gasteiger partial charge in [0.15, 0.2) is 5.65 Å². The summed E-state index contributed by atoms with van der Waals surface area (Å²) in [6.07, 6.45) is 7.59. The molecule has 4 heterocycles. The summed E-state index contributed by atoms with van der Waals surface area (Å²) >= 11 is 0. The van der Waals surface area contributed by atoms with Gasteiger partial charge in [-0.15, -0.1) is 0 Å². The fraction of sp³-hybridized carbons (Fsp3) is 0.385. The topological polar surface area (TPSA) is 75.0 Å². The van der Waals surface area contributed by atoms with Crippen LogP contribution in [0, 0.1) is 18.6 Å². The van der Waals surface area contributed by atoms with E-state index < -0.39 is 11.6 Å². The second-order valence-corrected chi connectivity index (χ2v) is 9.27. The fourth-order valence-electron chi connectivity index (χ4n) is 4.74. The molecule has 35 heavy (non-hydrogen) atoms. The van der Waals surface area contributed by atoms with E-state index >= 15 is 0 Å². The summed E-state index contributed by atoms with van der Waals surface area (Å²) in [7, 11) is 1.55. The molecule has 0 radical (unpaired) electrons. The molecule has 1 aromatic carbocycles. The monoisotopic (exact) mass is 477 g/mol. The molecule has 0 bridgehead atoms. The number of benzene rings is 1. The third-order valence-corrected chi connectivity index (χ3v) is 6.82. The second-order valence-electron chi connectivity index (χ2n) is 9.27. The van der Waals surface area contributed by atoms with Crippen LogP contribution in [0.25, 0.3) is 22.3 Å². The van der Waals surface area contributed by atoms with Crippen molar-refractivity contribution in [3.63, 3.8) is 0 Å². The van der Waals surface area contributed by atoms with Crippen LogP contribution < -0.4 is 4.74 Å². The van der Waals surface area contributed by atoms with E-state index in [1.54, 1.807) is 13.2 Å². The number of aromatic nitrogens is 5. The van der Waals surface area contributed by atoms with E-state index in [0.29, 0.717) is 53.1 Å². The lowest BCUT2D eigenvalue weighted by Crippen LogP contribution is -2.20. The highest BCUT2D eigenvalue weighted by Crippen LogP contribution is 2.40. The first-order valence-corrected chi connectivity index (χ1v) is 11.8. The molecule has 2 fully saturated rings. The van der Waals surface area contributed by atoms with Crippen molar-refractivity contribution in [3.8, 4) is 17.0 Å². The van der Waals surface area contributed by atoms with Crippen molar-refractivity contribution in [1.29, 1.82) is 0 Å². The van der Waals surface area contributed by atoms with Crippen LogP contribution in [0.4, 0.5) is 8.78 Å². The van der Waals surface area contributed by atoms with E-state index in [4.69, 9.17) is 19.4 Å². The number of aryl methyl sites for hydroxylation is 1. The zero-order chi connectivity index (χ0) is 24.1. The van der Waals surface area contributed by atoms with Crippen LogP contribution in [0.2, 0.25) is 0 Å². The van der Waals surface area contributed by atoms with E-state index in [1.165, 1.54) is 25.0 Å². The zero-order valence-corrected chi connectivity index (χ0v) is 19.5. The summed E-state index contributed by atoms with van der Waals surface area (Å²) in [5.41, 5.74) is 2.75. The van der Waals surface area contributed by atoms with Crippen molar-refractivity contribution >= 4 is 11.0 Å². The van der Waals surface area contributed by atoms with Crippen LogP contribution in [0.5, 0.6) is 5.75 Å². The molecule has 4 aromatic rings. The standard InChI is InChI=1S/C26H25F2N5O2/c1-14-22(34-2)11-20-24(19-6-3-17(27)10-21(19)28)31-25(32-26(20)30-14)15-7-8-35-23(9-15)16-12-29-33(13-16)18-4-5-18/h3,6,10-13,15,18,23H,4-5,7-9H2,1-2H3. The Morgan fingerprint density at radius 2 is 1.94 bits per heavy atom. The molecule has 6 rings (SSSR count). The molecule has 1 saturated heterocycles. The minimum atomic E-state index is -0.687. The maximum absolute atomic E-state index is 14.9. The van der Waals surface area contributed by atoms with Gasteiger partial charge < -0.3 is 9.47 Å². The Hall–Kier alpha value is -3.46. The summed E-state index contributed by atoms with van der Waals surface area (Å²) < 4.78 is 42.0. The molecular weight excluding hydrogens is 452 g/mol. The number of hydrogen-bond acceptors (Lipinski definition) is 6. The van der Waals surface area contributed by atoms with E-state index in [9.17, 15) is 8.78 Å². The maximum atomic E-state index is 14.9. The predicted molar refractivity (Wildman–Crippen MR) is 125 cm³/mol. The first kappa shape index (κ1) is 22.0. The minimum absolute atomic E-state index is 0.00566. The van der Waals surface area contributed by atoms with Crippen molar-refractivity contribution < 1.29 is 18.3 Å².